The number of anilines is 1. The number of nitrogens with one attached hydrogen (secondary N) is 1. The fourth-order valence-electron chi connectivity index (χ4n) is 2.78. The Hall–Kier alpha value is -1.07. The molecule has 1 saturated heterocycles. The maximum atomic E-state index is 5.13. The fraction of sp³-hybridized carbons (Fsp3) is 0.786. The van der Waals surface area contributed by atoms with Crippen molar-refractivity contribution >= 4 is 5.95 Å². The average molecular weight is 266 g/mol. The number of hydrogen-bond acceptors (Lipinski definition) is 4. The van der Waals surface area contributed by atoms with Gasteiger partial charge in [-0.1, -0.05) is 0 Å². The first-order valence-electron chi connectivity index (χ1n) is 7.34. The second kappa shape index (κ2) is 7.50. The van der Waals surface area contributed by atoms with E-state index in [-0.39, 0.29) is 0 Å². The number of likely N-dealkylation sites (N-methyl/N-ethyl adjacent to an activating group) is 1. The van der Waals surface area contributed by atoms with E-state index < -0.39 is 0 Å². The van der Waals surface area contributed by atoms with Crippen molar-refractivity contribution in [2.24, 2.45) is 0 Å². The van der Waals surface area contributed by atoms with Gasteiger partial charge >= 0.3 is 0 Å². The lowest BCUT2D eigenvalue weighted by atomic mass is 10.1. The molecule has 0 amide bonds. The van der Waals surface area contributed by atoms with Crippen LogP contribution in [-0.2, 0) is 11.3 Å². The van der Waals surface area contributed by atoms with Crippen molar-refractivity contribution in [3.05, 3.63) is 12.4 Å². The summed E-state index contributed by atoms with van der Waals surface area (Å²) >= 11 is 0. The summed E-state index contributed by atoms with van der Waals surface area (Å²) in [5.41, 5.74) is 0. The predicted octanol–water partition coefficient (Wildman–Crippen LogP) is 1.50. The summed E-state index contributed by atoms with van der Waals surface area (Å²) < 4.78 is 7.37. The molecule has 1 unspecified atom stereocenters. The van der Waals surface area contributed by atoms with Crippen LogP contribution in [-0.4, -0.2) is 48.9 Å². The van der Waals surface area contributed by atoms with Crippen LogP contribution >= 0.6 is 0 Å². The van der Waals surface area contributed by atoms with Crippen molar-refractivity contribution in [3.63, 3.8) is 0 Å². The van der Waals surface area contributed by atoms with E-state index in [4.69, 9.17) is 4.74 Å². The van der Waals surface area contributed by atoms with Crippen LogP contribution in [0.4, 0.5) is 5.95 Å². The van der Waals surface area contributed by atoms with Crippen LogP contribution in [0.3, 0.4) is 0 Å². The number of hydrogen-bond donors (Lipinski definition) is 1. The number of methoxy groups -OCH3 is 1. The third kappa shape index (κ3) is 3.70. The van der Waals surface area contributed by atoms with Crippen molar-refractivity contribution in [2.45, 2.75) is 38.8 Å². The zero-order valence-corrected chi connectivity index (χ0v) is 12.1. The molecule has 0 aromatic carbocycles. The van der Waals surface area contributed by atoms with Crippen molar-refractivity contribution in [3.8, 4) is 0 Å². The van der Waals surface area contributed by atoms with Gasteiger partial charge in [-0.15, -0.1) is 0 Å². The Morgan fingerprint density at radius 2 is 2.47 bits per heavy atom. The molecule has 1 aliphatic rings. The number of piperidine rings is 1. The molecule has 0 saturated carbocycles. The van der Waals surface area contributed by atoms with Gasteiger partial charge < -0.3 is 19.5 Å². The minimum absolute atomic E-state index is 0.572. The standard InChI is InChI=1S/C14H26N4O/c1-3-18(13-6-4-7-15-12-13)14-16-8-10-17(14)9-5-11-19-2/h8,10,13,15H,3-7,9,11-12H2,1-2H3. The van der Waals surface area contributed by atoms with E-state index in [9.17, 15) is 0 Å². The zero-order chi connectivity index (χ0) is 13.5. The number of aromatic nitrogens is 2. The first kappa shape index (κ1) is 14.3. The maximum absolute atomic E-state index is 5.13. The van der Waals surface area contributed by atoms with Gasteiger partial charge in [0, 0.05) is 51.8 Å². The zero-order valence-electron chi connectivity index (χ0n) is 12.1. The summed E-state index contributed by atoms with van der Waals surface area (Å²) in [4.78, 5) is 6.99. The van der Waals surface area contributed by atoms with Crippen molar-refractivity contribution in [1.82, 2.24) is 14.9 Å². The summed E-state index contributed by atoms with van der Waals surface area (Å²) in [6.45, 7) is 7.21. The molecule has 1 N–H and O–H groups in total. The Labute approximate surface area is 116 Å². The van der Waals surface area contributed by atoms with Crippen LogP contribution in [0.25, 0.3) is 0 Å². The van der Waals surface area contributed by atoms with Gasteiger partial charge in [0.1, 0.15) is 0 Å². The van der Waals surface area contributed by atoms with Crippen LogP contribution < -0.4 is 10.2 Å². The Kier molecular flexibility index (Phi) is 5.66. The Balaban J connectivity index is 2.02. The molecule has 0 spiro atoms. The molecule has 0 aliphatic carbocycles. The van der Waals surface area contributed by atoms with Crippen LogP contribution in [0.5, 0.6) is 0 Å². The van der Waals surface area contributed by atoms with Gasteiger partial charge in [0.05, 0.1) is 0 Å². The van der Waals surface area contributed by atoms with Gasteiger partial charge in [-0.25, -0.2) is 4.98 Å². The van der Waals surface area contributed by atoms with E-state index in [1.807, 2.05) is 6.20 Å². The topological polar surface area (TPSA) is 42.3 Å². The molecule has 5 nitrogen and oxygen atoms in total. The molecule has 2 heterocycles. The fourth-order valence-corrected chi connectivity index (χ4v) is 2.78. The van der Waals surface area contributed by atoms with Crippen LogP contribution in [0.2, 0.25) is 0 Å². The summed E-state index contributed by atoms with van der Waals surface area (Å²) in [5, 5.41) is 3.48. The molecular weight excluding hydrogens is 240 g/mol. The monoisotopic (exact) mass is 266 g/mol. The summed E-state index contributed by atoms with van der Waals surface area (Å²) in [6.07, 6.45) is 7.52. The summed E-state index contributed by atoms with van der Waals surface area (Å²) in [7, 11) is 1.75. The highest BCUT2D eigenvalue weighted by atomic mass is 16.5. The largest absolute Gasteiger partial charge is 0.385 e. The average Bonchev–Trinajstić information content (AvgIpc) is 2.90. The molecule has 1 fully saturated rings. The second-order valence-electron chi connectivity index (χ2n) is 5.05. The molecule has 1 atom stereocenters. The lowest BCUT2D eigenvalue weighted by Gasteiger charge is -2.35. The molecule has 5 heteroatoms. The predicted molar refractivity (Wildman–Crippen MR) is 77.6 cm³/mol. The van der Waals surface area contributed by atoms with E-state index >= 15 is 0 Å². The lowest BCUT2D eigenvalue weighted by molar-refractivity contribution is 0.190. The van der Waals surface area contributed by atoms with E-state index in [2.05, 4.69) is 32.9 Å². The molecule has 0 bridgehead atoms. The maximum Gasteiger partial charge on any atom is 0.205 e. The molecule has 1 aliphatic heterocycles. The van der Waals surface area contributed by atoms with Crippen LogP contribution in [0, 0.1) is 0 Å². The Morgan fingerprint density at radius 3 is 3.16 bits per heavy atom. The minimum Gasteiger partial charge on any atom is -0.385 e. The Bertz CT molecular complexity index is 360. The van der Waals surface area contributed by atoms with Crippen LogP contribution in [0.15, 0.2) is 12.4 Å². The van der Waals surface area contributed by atoms with E-state index in [0.717, 1.165) is 45.2 Å². The first-order chi connectivity index (χ1) is 9.36. The molecule has 108 valence electrons. The highest BCUT2D eigenvalue weighted by molar-refractivity contribution is 5.33. The minimum atomic E-state index is 0.572. The quantitative estimate of drug-likeness (QED) is 0.760. The summed E-state index contributed by atoms with van der Waals surface area (Å²) in [6, 6.07) is 0.572. The number of nitrogens with zero attached hydrogens (tertiary/aromatic N) is 3. The third-order valence-electron chi connectivity index (χ3n) is 3.75. The molecule has 2 rings (SSSR count). The molecule has 0 radical (unpaired) electrons. The normalized spacial score (nSPS) is 19.6. The van der Waals surface area contributed by atoms with Gasteiger partial charge in [-0.05, 0) is 32.7 Å². The SMILES string of the molecule is CCN(c1nccn1CCCOC)C1CCCNC1. The Morgan fingerprint density at radius 1 is 1.58 bits per heavy atom. The summed E-state index contributed by atoms with van der Waals surface area (Å²) in [5.74, 6) is 1.10. The highest BCUT2D eigenvalue weighted by Gasteiger charge is 2.22. The van der Waals surface area contributed by atoms with Crippen LogP contribution in [0.1, 0.15) is 26.2 Å². The van der Waals surface area contributed by atoms with Crippen molar-refractivity contribution in [2.75, 3.05) is 38.3 Å². The van der Waals surface area contributed by atoms with Gasteiger partial charge in [0.25, 0.3) is 0 Å². The van der Waals surface area contributed by atoms with Gasteiger partial charge in [0.2, 0.25) is 5.95 Å². The number of ether oxygens (including phenoxy) is 1. The number of imidazole rings is 1. The highest BCUT2D eigenvalue weighted by Crippen LogP contribution is 2.19. The molecule has 1 aromatic rings. The van der Waals surface area contributed by atoms with E-state index in [1.54, 1.807) is 7.11 Å². The molecular formula is C14H26N4O. The smallest absolute Gasteiger partial charge is 0.205 e. The van der Waals surface area contributed by atoms with E-state index in [1.165, 1.54) is 12.8 Å². The van der Waals surface area contributed by atoms with Gasteiger partial charge in [0.15, 0.2) is 0 Å². The number of rotatable bonds is 7. The molecule has 1 aromatic heterocycles. The number of aryl methyl sites for hydroxylation is 1. The third-order valence-corrected chi connectivity index (χ3v) is 3.75. The molecule has 19 heavy (non-hydrogen) atoms. The van der Waals surface area contributed by atoms with Gasteiger partial charge in [-0.2, -0.15) is 0 Å². The second-order valence-corrected chi connectivity index (χ2v) is 5.05. The first-order valence-corrected chi connectivity index (χ1v) is 7.34. The van der Waals surface area contributed by atoms with Crippen molar-refractivity contribution in [1.29, 1.82) is 0 Å². The van der Waals surface area contributed by atoms with Gasteiger partial charge in [-0.3, -0.25) is 0 Å². The van der Waals surface area contributed by atoms with Crippen molar-refractivity contribution < 1.29 is 4.74 Å². The van der Waals surface area contributed by atoms with E-state index in [0.29, 0.717) is 6.04 Å². The lowest BCUT2D eigenvalue weighted by Crippen LogP contribution is -2.47.